The van der Waals surface area contributed by atoms with Gasteiger partial charge in [0.25, 0.3) is 0 Å². The molecule has 0 bridgehead atoms. The summed E-state index contributed by atoms with van der Waals surface area (Å²) in [5, 5.41) is 0. The van der Waals surface area contributed by atoms with E-state index in [9.17, 15) is 13.6 Å². The van der Waals surface area contributed by atoms with Crippen LogP contribution < -0.4 is 5.73 Å². The lowest BCUT2D eigenvalue weighted by Crippen LogP contribution is -2.45. The van der Waals surface area contributed by atoms with Crippen molar-refractivity contribution in [2.45, 2.75) is 45.8 Å². The average Bonchev–Trinajstić information content (AvgIpc) is 3.23. The summed E-state index contributed by atoms with van der Waals surface area (Å²) in [7, 11) is 1.47. The van der Waals surface area contributed by atoms with E-state index >= 15 is 0 Å². The first kappa shape index (κ1) is 27.5. The zero-order chi connectivity index (χ0) is 26.3. The Balaban J connectivity index is 2.17. The van der Waals surface area contributed by atoms with Crippen LogP contribution in [0.4, 0.5) is 8.78 Å². The van der Waals surface area contributed by atoms with E-state index in [0.717, 1.165) is 11.3 Å². The number of hydrogen-bond acceptors (Lipinski definition) is 4. The maximum Gasteiger partial charge on any atom is 0.249 e. The number of amides is 1. The summed E-state index contributed by atoms with van der Waals surface area (Å²) in [5.74, 6) is 0.0833. The molecule has 0 saturated heterocycles. The molecule has 0 spiro atoms. The van der Waals surface area contributed by atoms with E-state index in [1.54, 1.807) is 17.2 Å². The van der Waals surface area contributed by atoms with Gasteiger partial charge in [0.15, 0.2) is 0 Å². The Bertz CT molecular complexity index is 1130. The molecular formula is C28H36F2N4O2. The molecule has 3 aromatic rings. The molecule has 0 aliphatic carbocycles. The molecule has 0 fully saturated rings. The Morgan fingerprint density at radius 1 is 1.17 bits per heavy atom. The average molecular weight is 499 g/mol. The van der Waals surface area contributed by atoms with Gasteiger partial charge >= 0.3 is 0 Å². The number of imidazole rings is 1. The first-order valence-corrected chi connectivity index (χ1v) is 12.1. The maximum absolute atomic E-state index is 14.2. The second-order valence-corrected chi connectivity index (χ2v) is 10.1. The van der Waals surface area contributed by atoms with Gasteiger partial charge in [0.1, 0.15) is 24.9 Å². The van der Waals surface area contributed by atoms with Gasteiger partial charge < -0.3 is 19.9 Å². The van der Waals surface area contributed by atoms with Crippen molar-refractivity contribution < 1.29 is 18.3 Å². The van der Waals surface area contributed by atoms with Crippen LogP contribution in [0, 0.1) is 11.2 Å². The zero-order valence-electron chi connectivity index (χ0n) is 21.5. The molecular weight excluding hydrogens is 462 g/mol. The fourth-order valence-electron chi connectivity index (χ4n) is 4.40. The van der Waals surface area contributed by atoms with Gasteiger partial charge in [-0.05, 0) is 29.5 Å². The molecule has 0 radical (unpaired) electrons. The molecule has 0 aliphatic rings. The monoisotopic (exact) mass is 498 g/mol. The summed E-state index contributed by atoms with van der Waals surface area (Å²) in [5.41, 5.74) is 7.89. The van der Waals surface area contributed by atoms with Crippen LogP contribution in [0.3, 0.4) is 0 Å². The summed E-state index contributed by atoms with van der Waals surface area (Å²) < 4.78 is 34.5. The third kappa shape index (κ3) is 6.77. The quantitative estimate of drug-likeness (QED) is 0.404. The topological polar surface area (TPSA) is 73.4 Å². The molecule has 36 heavy (non-hydrogen) atoms. The Morgan fingerprint density at radius 2 is 1.89 bits per heavy atom. The number of carbonyl (C=O) groups is 1. The molecule has 6 nitrogen and oxygen atoms in total. The predicted octanol–water partition coefficient (Wildman–Crippen LogP) is 4.99. The predicted molar refractivity (Wildman–Crippen MR) is 138 cm³/mol. The SMILES string of the molecule is COCC(=O)N(CC[C@H](N)CF)[C@@H](c1ncc(-c2cccc(F)c2)n1Cc1ccccc1)C(C)(C)C. The lowest BCUT2D eigenvalue weighted by Gasteiger charge is -2.40. The fourth-order valence-corrected chi connectivity index (χ4v) is 4.40. The number of hydrogen-bond donors (Lipinski definition) is 1. The lowest BCUT2D eigenvalue weighted by atomic mass is 9.84. The Labute approximate surface area is 212 Å². The van der Waals surface area contributed by atoms with Crippen LogP contribution in [0.1, 0.15) is 44.6 Å². The minimum absolute atomic E-state index is 0.117. The van der Waals surface area contributed by atoms with Gasteiger partial charge in [-0.15, -0.1) is 0 Å². The van der Waals surface area contributed by atoms with Crippen molar-refractivity contribution >= 4 is 5.91 Å². The summed E-state index contributed by atoms with van der Waals surface area (Å²) in [6, 6.07) is 15.1. The number of aromatic nitrogens is 2. The van der Waals surface area contributed by atoms with Gasteiger partial charge in [-0.25, -0.2) is 13.8 Å². The largest absolute Gasteiger partial charge is 0.375 e. The number of alkyl halides is 1. The lowest BCUT2D eigenvalue weighted by molar-refractivity contribution is -0.140. The van der Waals surface area contributed by atoms with Crippen LogP contribution in [0.5, 0.6) is 0 Å². The van der Waals surface area contributed by atoms with Crippen LogP contribution in [0.25, 0.3) is 11.3 Å². The molecule has 0 aliphatic heterocycles. The van der Waals surface area contributed by atoms with Crippen molar-refractivity contribution in [1.82, 2.24) is 14.5 Å². The molecule has 3 rings (SSSR count). The Kier molecular flexibility index (Phi) is 9.34. The van der Waals surface area contributed by atoms with Gasteiger partial charge in [0.05, 0.1) is 17.9 Å². The van der Waals surface area contributed by atoms with Crippen molar-refractivity contribution in [1.29, 1.82) is 0 Å². The smallest absolute Gasteiger partial charge is 0.249 e. The molecule has 0 saturated carbocycles. The van der Waals surface area contributed by atoms with Gasteiger partial charge in [-0.2, -0.15) is 0 Å². The number of methoxy groups -OCH3 is 1. The van der Waals surface area contributed by atoms with Crippen LogP contribution >= 0.6 is 0 Å². The highest BCUT2D eigenvalue weighted by atomic mass is 19.1. The molecule has 1 aromatic heterocycles. The fraction of sp³-hybridized carbons (Fsp3) is 0.429. The number of carbonyl (C=O) groups excluding carboxylic acids is 1. The highest BCUT2D eigenvalue weighted by Gasteiger charge is 2.38. The van der Waals surface area contributed by atoms with Crippen LogP contribution in [-0.2, 0) is 16.1 Å². The van der Waals surface area contributed by atoms with E-state index in [2.05, 4.69) is 0 Å². The van der Waals surface area contributed by atoms with Crippen molar-refractivity contribution in [2.24, 2.45) is 11.1 Å². The number of rotatable bonds is 11. The third-order valence-electron chi connectivity index (χ3n) is 6.09. The third-order valence-corrected chi connectivity index (χ3v) is 6.09. The summed E-state index contributed by atoms with van der Waals surface area (Å²) >= 11 is 0. The second-order valence-electron chi connectivity index (χ2n) is 10.1. The molecule has 1 amide bonds. The molecule has 194 valence electrons. The van der Waals surface area contributed by atoms with Gasteiger partial charge in [0.2, 0.25) is 5.91 Å². The normalized spacial score (nSPS) is 13.4. The first-order valence-electron chi connectivity index (χ1n) is 12.1. The Hall–Kier alpha value is -3.10. The van der Waals surface area contributed by atoms with Crippen LogP contribution in [0.2, 0.25) is 0 Å². The number of nitrogens with zero attached hydrogens (tertiary/aromatic N) is 3. The van der Waals surface area contributed by atoms with Crippen LogP contribution in [0.15, 0.2) is 60.8 Å². The van der Waals surface area contributed by atoms with E-state index in [1.165, 1.54) is 19.2 Å². The van der Waals surface area contributed by atoms with Gasteiger partial charge in [-0.3, -0.25) is 4.79 Å². The standard InChI is InChI=1S/C28H36F2N4O2/c1-28(2,3)26(33(25(35)19-36-4)14-13-23(31)16-29)27-32-17-24(21-11-8-12-22(30)15-21)34(27)18-20-9-6-5-7-10-20/h5-12,15,17,23,26H,13-14,16,18-19,31H2,1-4H3/t23-,26-/m0/s1. The highest BCUT2D eigenvalue weighted by Crippen LogP contribution is 2.39. The van der Waals surface area contributed by atoms with E-state index in [1.807, 2.05) is 61.7 Å². The molecule has 0 unspecified atom stereocenters. The molecule has 2 atom stereocenters. The number of halogens is 2. The highest BCUT2D eigenvalue weighted by molar-refractivity contribution is 5.78. The summed E-state index contributed by atoms with van der Waals surface area (Å²) in [4.78, 5) is 19.8. The second kappa shape index (κ2) is 12.2. The van der Waals surface area contributed by atoms with Crippen molar-refractivity contribution in [3.8, 4) is 11.3 Å². The molecule has 2 aromatic carbocycles. The van der Waals surface area contributed by atoms with Crippen molar-refractivity contribution in [3.05, 3.63) is 78.0 Å². The first-order chi connectivity index (χ1) is 17.2. The summed E-state index contributed by atoms with van der Waals surface area (Å²) in [6.07, 6.45) is 2.02. The van der Waals surface area contributed by atoms with E-state index in [-0.39, 0.29) is 24.9 Å². The molecule has 8 heteroatoms. The minimum atomic E-state index is -0.671. The zero-order valence-corrected chi connectivity index (χ0v) is 21.5. The van der Waals surface area contributed by atoms with E-state index in [4.69, 9.17) is 15.5 Å². The number of nitrogens with two attached hydrogens (primary N) is 1. The van der Waals surface area contributed by atoms with Gasteiger partial charge in [-0.1, -0.05) is 63.2 Å². The molecule has 2 N–H and O–H groups in total. The molecule has 1 heterocycles. The Morgan fingerprint density at radius 3 is 2.50 bits per heavy atom. The minimum Gasteiger partial charge on any atom is -0.375 e. The van der Waals surface area contributed by atoms with Crippen molar-refractivity contribution in [3.63, 3.8) is 0 Å². The number of benzene rings is 2. The van der Waals surface area contributed by atoms with Crippen LogP contribution in [-0.4, -0.2) is 53.3 Å². The van der Waals surface area contributed by atoms with Gasteiger partial charge in [0, 0.05) is 31.8 Å². The van der Waals surface area contributed by atoms with E-state index in [0.29, 0.717) is 24.4 Å². The van der Waals surface area contributed by atoms with E-state index < -0.39 is 24.2 Å². The number of ether oxygens (including phenoxy) is 1. The maximum atomic E-state index is 14.2. The summed E-state index contributed by atoms with van der Waals surface area (Å²) in [6.45, 7) is 6.04. The van der Waals surface area contributed by atoms with Crippen molar-refractivity contribution in [2.75, 3.05) is 26.9 Å².